The molecule has 0 saturated carbocycles. The number of benzene rings is 2. The summed E-state index contributed by atoms with van der Waals surface area (Å²) in [7, 11) is 0. The van der Waals surface area contributed by atoms with Gasteiger partial charge in [0.1, 0.15) is 5.82 Å². The van der Waals surface area contributed by atoms with Crippen LogP contribution in [0, 0.1) is 5.82 Å². The highest BCUT2D eigenvalue weighted by molar-refractivity contribution is 9.10. The van der Waals surface area contributed by atoms with Gasteiger partial charge in [0.15, 0.2) is 6.61 Å². The van der Waals surface area contributed by atoms with Crippen LogP contribution in [-0.2, 0) is 11.3 Å². The first-order chi connectivity index (χ1) is 11.5. The number of nitrogens with zero attached hydrogens (tertiary/aromatic N) is 2. The van der Waals surface area contributed by atoms with Crippen molar-refractivity contribution in [1.29, 1.82) is 0 Å². The summed E-state index contributed by atoms with van der Waals surface area (Å²) in [4.78, 5) is 16.1. The minimum absolute atomic E-state index is 0.0268. The van der Waals surface area contributed by atoms with Crippen LogP contribution in [0.3, 0.4) is 0 Å². The normalized spacial score (nSPS) is 10.6. The van der Waals surface area contributed by atoms with Gasteiger partial charge in [-0.05, 0) is 42.5 Å². The molecule has 8 heteroatoms. The zero-order chi connectivity index (χ0) is 17.1. The molecule has 0 aliphatic rings. The Balaban J connectivity index is 1.67. The fraction of sp³-hybridized carbons (Fsp3) is 0.0625. The van der Waals surface area contributed by atoms with Crippen LogP contribution in [0.2, 0.25) is 5.02 Å². The molecule has 0 atom stereocenters. The van der Waals surface area contributed by atoms with Crippen LogP contribution in [0.1, 0.15) is 16.2 Å². The third-order valence-corrected chi connectivity index (χ3v) is 3.89. The van der Waals surface area contributed by atoms with Crippen molar-refractivity contribution in [2.24, 2.45) is 0 Å². The number of rotatable bonds is 4. The zero-order valence-corrected chi connectivity index (χ0v) is 14.3. The number of aromatic nitrogens is 2. The van der Waals surface area contributed by atoms with Gasteiger partial charge in [-0.3, -0.25) is 0 Å². The number of hydrogen-bond donors (Lipinski definition) is 0. The molecular formula is C16H9BrClFN2O3. The van der Waals surface area contributed by atoms with Gasteiger partial charge in [0.2, 0.25) is 5.82 Å². The molecule has 1 aromatic heterocycles. The SMILES string of the molecule is O=C(OCc1nc(-c2ccc(Br)cc2)no1)c1ccc(F)cc1Cl. The molecule has 0 radical (unpaired) electrons. The third-order valence-electron chi connectivity index (χ3n) is 3.05. The van der Waals surface area contributed by atoms with Gasteiger partial charge in [0, 0.05) is 10.0 Å². The maximum absolute atomic E-state index is 13.0. The summed E-state index contributed by atoms with van der Waals surface area (Å²) in [5.41, 5.74) is 0.826. The molecule has 24 heavy (non-hydrogen) atoms. The first-order valence-corrected chi connectivity index (χ1v) is 7.91. The predicted molar refractivity (Wildman–Crippen MR) is 88.0 cm³/mol. The average Bonchev–Trinajstić information content (AvgIpc) is 3.02. The van der Waals surface area contributed by atoms with E-state index in [2.05, 4.69) is 26.1 Å². The molecule has 0 saturated heterocycles. The Morgan fingerprint density at radius 1 is 1.25 bits per heavy atom. The highest BCUT2D eigenvalue weighted by Crippen LogP contribution is 2.20. The standard InChI is InChI=1S/C16H9BrClFN2O3/c17-10-3-1-9(2-4-10)15-20-14(24-21-15)8-23-16(22)12-6-5-11(19)7-13(12)18/h1-7H,8H2. The van der Waals surface area contributed by atoms with E-state index in [1.165, 1.54) is 6.07 Å². The molecule has 122 valence electrons. The van der Waals surface area contributed by atoms with Gasteiger partial charge in [-0.1, -0.05) is 32.7 Å². The summed E-state index contributed by atoms with van der Waals surface area (Å²) in [5.74, 6) is -0.719. The van der Waals surface area contributed by atoms with E-state index in [1.54, 1.807) is 0 Å². The molecule has 3 aromatic rings. The number of hydrogen-bond acceptors (Lipinski definition) is 5. The quantitative estimate of drug-likeness (QED) is 0.585. The van der Waals surface area contributed by atoms with Gasteiger partial charge >= 0.3 is 5.97 Å². The van der Waals surface area contributed by atoms with E-state index in [0.717, 1.165) is 22.2 Å². The zero-order valence-electron chi connectivity index (χ0n) is 12.0. The predicted octanol–water partition coefficient (Wildman–Crippen LogP) is 4.65. The first kappa shape index (κ1) is 16.6. The van der Waals surface area contributed by atoms with E-state index < -0.39 is 11.8 Å². The lowest BCUT2D eigenvalue weighted by Crippen LogP contribution is -2.06. The Bertz CT molecular complexity index is 883. The van der Waals surface area contributed by atoms with Crippen molar-refractivity contribution in [3.05, 3.63) is 69.2 Å². The van der Waals surface area contributed by atoms with Crippen molar-refractivity contribution in [1.82, 2.24) is 10.1 Å². The number of esters is 1. The van der Waals surface area contributed by atoms with Gasteiger partial charge in [0.25, 0.3) is 5.89 Å². The lowest BCUT2D eigenvalue weighted by molar-refractivity contribution is 0.0430. The summed E-state index contributed by atoms with van der Waals surface area (Å²) >= 11 is 9.15. The largest absolute Gasteiger partial charge is 0.452 e. The van der Waals surface area contributed by atoms with Gasteiger partial charge < -0.3 is 9.26 Å². The van der Waals surface area contributed by atoms with E-state index in [0.29, 0.717) is 5.82 Å². The molecule has 0 N–H and O–H groups in total. The first-order valence-electron chi connectivity index (χ1n) is 6.73. The highest BCUT2D eigenvalue weighted by Gasteiger charge is 2.15. The Morgan fingerprint density at radius 3 is 2.71 bits per heavy atom. The topological polar surface area (TPSA) is 65.2 Å². The molecule has 5 nitrogen and oxygen atoms in total. The van der Waals surface area contributed by atoms with Crippen LogP contribution in [0.4, 0.5) is 4.39 Å². The van der Waals surface area contributed by atoms with Crippen molar-refractivity contribution in [3.63, 3.8) is 0 Å². The second-order valence-electron chi connectivity index (χ2n) is 4.72. The maximum Gasteiger partial charge on any atom is 0.340 e. The summed E-state index contributed by atoms with van der Waals surface area (Å²) in [6.07, 6.45) is 0. The molecule has 0 fully saturated rings. The van der Waals surface area contributed by atoms with Crippen LogP contribution in [0.5, 0.6) is 0 Å². The highest BCUT2D eigenvalue weighted by atomic mass is 79.9. The monoisotopic (exact) mass is 410 g/mol. The minimum atomic E-state index is -0.705. The lowest BCUT2D eigenvalue weighted by atomic mass is 10.2. The molecule has 0 aliphatic carbocycles. The van der Waals surface area contributed by atoms with Crippen LogP contribution < -0.4 is 0 Å². The fourth-order valence-electron chi connectivity index (χ4n) is 1.89. The smallest absolute Gasteiger partial charge is 0.340 e. The lowest BCUT2D eigenvalue weighted by Gasteiger charge is -2.03. The van der Waals surface area contributed by atoms with E-state index in [9.17, 15) is 9.18 Å². The second kappa shape index (κ2) is 7.11. The molecular weight excluding hydrogens is 403 g/mol. The Morgan fingerprint density at radius 2 is 2.00 bits per heavy atom. The van der Waals surface area contributed by atoms with Crippen LogP contribution in [0.15, 0.2) is 51.5 Å². The van der Waals surface area contributed by atoms with Crippen LogP contribution in [0.25, 0.3) is 11.4 Å². The van der Waals surface area contributed by atoms with E-state index in [-0.39, 0.29) is 23.1 Å². The van der Waals surface area contributed by atoms with Crippen molar-refractivity contribution in [3.8, 4) is 11.4 Å². The number of carbonyl (C=O) groups is 1. The molecule has 0 bridgehead atoms. The van der Waals surface area contributed by atoms with E-state index in [4.69, 9.17) is 20.9 Å². The fourth-order valence-corrected chi connectivity index (χ4v) is 2.40. The average molecular weight is 412 g/mol. The van der Waals surface area contributed by atoms with Gasteiger partial charge in [-0.15, -0.1) is 0 Å². The molecule has 0 amide bonds. The Labute approximate surface area is 149 Å². The summed E-state index contributed by atoms with van der Waals surface area (Å²) in [5, 5.41) is 3.80. The van der Waals surface area contributed by atoms with Crippen molar-refractivity contribution in [2.45, 2.75) is 6.61 Å². The number of carbonyl (C=O) groups excluding carboxylic acids is 1. The van der Waals surface area contributed by atoms with Crippen molar-refractivity contribution in [2.75, 3.05) is 0 Å². The van der Waals surface area contributed by atoms with Crippen molar-refractivity contribution < 1.29 is 18.4 Å². The Hall–Kier alpha value is -2.25. The number of ether oxygens (including phenoxy) is 1. The molecule has 3 rings (SSSR count). The van der Waals surface area contributed by atoms with Crippen molar-refractivity contribution >= 4 is 33.5 Å². The van der Waals surface area contributed by atoms with Crippen LogP contribution in [-0.4, -0.2) is 16.1 Å². The minimum Gasteiger partial charge on any atom is -0.452 e. The van der Waals surface area contributed by atoms with Crippen LogP contribution >= 0.6 is 27.5 Å². The van der Waals surface area contributed by atoms with Gasteiger partial charge in [-0.2, -0.15) is 4.98 Å². The second-order valence-corrected chi connectivity index (χ2v) is 6.04. The van der Waals surface area contributed by atoms with E-state index >= 15 is 0 Å². The summed E-state index contributed by atoms with van der Waals surface area (Å²) < 4.78 is 24.0. The summed E-state index contributed by atoms with van der Waals surface area (Å²) in [6, 6.07) is 10.8. The molecule has 0 spiro atoms. The molecule has 1 heterocycles. The number of halogens is 3. The maximum atomic E-state index is 13.0. The van der Waals surface area contributed by atoms with Gasteiger partial charge in [0.05, 0.1) is 10.6 Å². The third kappa shape index (κ3) is 3.80. The molecule has 0 aliphatic heterocycles. The summed E-state index contributed by atoms with van der Waals surface area (Å²) in [6.45, 7) is -0.212. The van der Waals surface area contributed by atoms with Gasteiger partial charge in [-0.25, -0.2) is 9.18 Å². The Kier molecular flexibility index (Phi) is 4.92. The molecule has 0 unspecified atom stereocenters. The molecule has 2 aromatic carbocycles. The van der Waals surface area contributed by atoms with E-state index in [1.807, 2.05) is 24.3 Å².